The first-order chi connectivity index (χ1) is 8.13. The van der Waals surface area contributed by atoms with Gasteiger partial charge in [0.2, 0.25) is 11.8 Å². The first kappa shape index (κ1) is 13.3. The first-order valence-electron chi connectivity index (χ1n) is 5.73. The number of carbonyl (C=O) groups excluding carboxylic acids is 2. The summed E-state index contributed by atoms with van der Waals surface area (Å²) in [5.41, 5.74) is 0. The molecule has 0 radical (unpaired) electrons. The summed E-state index contributed by atoms with van der Waals surface area (Å²) in [6, 6.07) is 3.10. The summed E-state index contributed by atoms with van der Waals surface area (Å²) in [7, 11) is 0. The summed E-state index contributed by atoms with van der Waals surface area (Å²) in [5.74, 6) is 0.449. The first-order valence-corrected chi connectivity index (χ1v) is 5.73. The van der Waals surface area contributed by atoms with E-state index in [2.05, 4.69) is 10.6 Å². The SMILES string of the molecule is CCNC(=O)C(C)NC(=O)CCc1ccco1. The number of amides is 2. The Hall–Kier alpha value is -1.78. The zero-order valence-corrected chi connectivity index (χ0v) is 10.2. The molecule has 0 aromatic carbocycles. The number of furan rings is 1. The van der Waals surface area contributed by atoms with Gasteiger partial charge < -0.3 is 15.1 Å². The van der Waals surface area contributed by atoms with Crippen LogP contribution in [0.4, 0.5) is 0 Å². The zero-order chi connectivity index (χ0) is 12.7. The summed E-state index contributed by atoms with van der Waals surface area (Å²) in [6.07, 6.45) is 2.43. The molecule has 1 unspecified atom stereocenters. The van der Waals surface area contributed by atoms with Crippen molar-refractivity contribution in [1.82, 2.24) is 10.6 Å². The molecule has 17 heavy (non-hydrogen) atoms. The monoisotopic (exact) mass is 238 g/mol. The van der Waals surface area contributed by atoms with Crippen LogP contribution in [0.1, 0.15) is 26.0 Å². The number of rotatable bonds is 6. The van der Waals surface area contributed by atoms with Crippen LogP contribution in [0.15, 0.2) is 22.8 Å². The van der Waals surface area contributed by atoms with Crippen LogP contribution < -0.4 is 10.6 Å². The maximum Gasteiger partial charge on any atom is 0.242 e. The van der Waals surface area contributed by atoms with Gasteiger partial charge in [-0.1, -0.05) is 0 Å². The van der Waals surface area contributed by atoms with Crippen molar-refractivity contribution in [3.8, 4) is 0 Å². The van der Waals surface area contributed by atoms with Crippen LogP contribution >= 0.6 is 0 Å². The normalized spacial score (nSPS) is 11.9. The highest BCUT2D eigenvalue weighted by Crippen LogP contribution is 2.03. The van der Waals surface area contributed by atoms with Crippen LogP contribution in [0.25, 0.3) is 0 Å². The van der Waals surface area contributed by atoms with E-state index in [1.807, 2.05) is 13.0 Å². The van der Waals surface area contributed by atoms with Gasteiger partial charge in [-0.15, -0.1) is 0 Å². The fraction of sp³-hybridized carbons (Fsp3) is 0.500. The van der Waals surface area contributed by atoms with Crippen LogP contribution in [-0.2, 0) is 16.0 Å². The van der Waals surface area contributed by atoms with Gasteiger partial charge in [0.15, 0.2) is 0 Å². The lowest BCUT2D eigenvalue weighted by molar-refractivity contribution is -0.128. The zero-order valence-electron chi connectivity index (χ0n) is 10.2. The molecule has 94 valence electrons. The summed E-state index contributed by atoms with van der Waals surface area (Å²) < 4.78 is 5.12. The van der Waals surface area contributed by atoms with E-state index in [0.29, 0.717) is 19.4 Å². The molecule has 0 aliphatic rings. The fourth-order valence-corrected chi connectivity index (χ4v) is 1.40. The molecule has 2 amide bonds. The summed E-state index contributed by atoms with van der Waals surface area (Å²) in [4.78, 5) is 22.9. The van der Waals surface area contributed by atoms with Crippen molar-refractivity contribution in [2.75, 3.05) is 6.54 Å². The molecule has 0 fully saturated rings. The Balaban J connectivity index is 2.27. The molecular weight excluding hydrogens is 220 g/mol. The van der Waals surface area contributed by atoms with Crippen molar-refractivity contribution in [3.63, 3.8) is 0 Å². The van der Waals surface area contributed by atoms with Gasteiger partial charge in [0.1, 0.15) is 11.8 Å². The van der Waals surface area contributed by atoms with E-state index in [4.69, 9.17) is 4.42 Å². The molecule has 5 heteroatoms. The van der Waals surface area contributed by atoms with Crippen molar-refractivity contribution in [2.45, 2.75) is 32.7 Å². The van der Waals surface area contributed by atoms with Crippen LogP contribution in [0.3, 0.4) is 0 Å². The highest BCUT2D eigenvalue weighted by Gasteiger charge is 2.14. The van der Waals surface area contributed by atoms with Crippen molar-refractivity contribution >= 4 is 11.8 Å². The lowest BCUT2D eigenvalue weighted by atomic mass is 10.2. The van der Waals surface area contributed by atoms with Gasteiger partial charge in [0.05, 0.1) is 6.26 Å². The predicted molar refractivity (Wildman–Crippen MR) is 63.3 cm³/mol. The van der Waals surface area contributed by atoms with Crippen LogP contribution in [0.5, 0.6) is 0 Å². The van der Waals surface area contributed by atoms with Gasteiger partial charge in [-0.05, 0) is 26.0 Å². The third-order valence-corrected chi connectivity index (χ3v) is 2.30. The minimum atomic E-state index is -0.501. The molecule has 0 saturated heterocycles. The van der Waals surface area contributed by atoms with Gasteiger partial charge >= 0.3 is 0 Å². The Morgan fingerprint density at radius 2 is 2.24 bits per heavy atom. The van der Waals surface area contributed by atoms with Gasteiger partial charge in [-0.25, -0.2) is 0 Å². The molecule has 1 aromatic rings. The van der Waals surface area contributed by atoms with Gasteiger partial charge in [0, 0.05) is 19.4 Å². The van der Waals surface area contributed by atoms with E-state index in [9.17, 15) is 9.59 Å². The second-order valence-corrected chi connectivity index (χ2v) is 3.76. The maximum atomic E-state index is 11.5. The smallest absolute Gasteiger partial charge is 0.242 e. The van der Waals surface area contributed by atoms with Crippen LogP contribution in [-0.4, -0.2) is 24.4 Å². The molecule has 0 bridgehead atoms. The molecule has 0 spiro atoms. The average molecular weight is 238 g/mol. The van der Waals surface area contributed by atoms with E-state index in [1.165, 1.54) is 0 Å². The molecule has 0 saturated carbocycles. The largest absolute Gasteiger partial charge is 0.469 e. The Bertz CT molecular complexity index is 360. The van der Waals surface area contributed by atoms with Crippen LogP contribution in [0, 0.1) is 0 Å². The number of aryl methyl sites for hydroxylation is 1. The van der Waals surface area contributed by atoms with Crippen molar-refractivity contribution < 1.29 is 14.0 Å². The molecule has 5 nitrogen and oxygen atoms in total. The minimum absolute atomic E-state index is 0.153. The third-order valence-electron chi connectivity index (χ3n) is 2.30. The van der Waals surface area contributed by atoms with Crippen molar-refractivity contribution in [3.05, 3.63) is 24.2 Å². The number of nitrogens with one attached hydrogen (secondary N) is 2. The quantitative estimate of drug-likeness (QED) is 0.772. The Labute approximate surface area is 101 Å². The number of likely N-dealkylation sites (N-methyl/N-ethyl adjacent to an activating group) is 1. The highest BCUT2D eigenvalue weighted by atomic mass is 16.3. The second-order valence-electron chi connectivity index (χ2n) is 3.76. The molecular formula is C12H18N2O3. The Kier molecular flexibility index (Phi) is 5.26. The van der Waals surface area contributed by atoms with Gasteiger partial charge in [0.25, 0.3) is 0 Å². The third kappa shape index (κ3) is 4.72. The van der Waals surface area contributed by atoms with Crippen LogP contribution in [0.2, 0.25) is 0 Å². The lowest BCUT2D eigenvalue weighted by Crippen LogP contribution is -2.44. The summed E-state index contributed by atoms with van der Waals surface area (Å²) in [5, 5.41) is 5.28. The van der Waals surface area contributed by atoms with Gasteiger partial charge in [-0.3, -0.25) is 9.59 Å². The summed E-state index contributed by atoms with van der Waals surface area (Å²) in [6.45, 7) is 4.06. The molecule has 0 aliphatic carbocycles. The van der Waals surface area contributed by atoms with E-state index in [-0.39, 0.29) is 11.8 Å². The molecule has 1 aromatic heterocycles. The van der Waals surface area contributed by atoms with E-state index < -0.39 is 6.04 Å². The standard InChI is InChI=1S/C12H18N2O3/c1-3-13-12(16)9(2)14-11(15)7-6-10-5-4-8-17-10/h4-5,8-9H,3,6-7H2,1-2H3,(H,13,16)(H,14,15). The number of carbonyl (C=O) groups is 2. The molecule has 1 heterocycles. The van der Waals surface area contributed by atoms with E-state index in [1.54, 1.807) is 19.3 Å². The van der Waals surface area contributed by atoms with Crippen molar-refractivity contribution in [1.29, 1.82) is 0 Å². The molecule has 2 N–H and O–H groups in total. The Morgan fingerprint density at radius 1 is 1.47 bits per heavy atom. The van der Waals surface area contributed by atoms with E-state index in [0.717, 1.165) is 5.76 Å². The fourth-order valence-electron chi connectivity index (χ4n) is 1.40. The lowest BCUT2D eigenvalue weighted by Gasteiger charge is -2.12. The minimum Gasteiger partial charge on any atom is -0.469 e. The second kappa shape index (κ2) is 6.73. The predicted octanol–water partition coefficient (Wildman–Crippen LogP) is 0.853. The maximum absolute atomic E-state index is 11.5. The van der Waals surface area contributed by atoms with Gasteiger partial charge in [-0.2, -0.15) is 0 Å². The van der Waals surface area contributed by atoms with E-state index >= 15 is 0 Å². The molecule has 0 aliphatic heterocycles. The average Bonchev–Trinajstić information content (AvgIpc) is 2.79. The number of hydrogen-bond donors (Lipinski definition) is 2. The molecule has 1 rings (SSSR count). The molecule has 1 atom stereocenters. The van der Waals surface area contributed by atoms with Crippen molar-refractivity contribution in [2.24, 2.45) is 0 Å². The summed E-state index contributed by atoms with van der Waals surface area (Å²) >= 11 is 0. The Morgan fingerprint density at radius 3 is 2.82 bits per heavy atom. The topological polar surface area (TPSA) is 71.3 Å². The number of hydrogen-bond acceptors (Lipinski definition) is 3. The highest BCUT2D eigenvalue weighted by molar-refractivity contribution is 5.87.